The van der Waals surface area contributed by atoms with Crippen LogP contribution < -0.4 is 5.32 Å². The first-order valence-corrected chi connectivity index (χ1v) is 8.50. The second kappa shape index (κ2) is 6.40. The molecule has 0 fully saturated rings. The first kappa shape index (κ1) is 16.7. The summed E-state index contributed by atoms with van der Waals surface area (Å²) < 4.78 is 7.56. The highest BCUT2D eigenvalue weighted by molar-refractivity contribution is 5.92. The molecule has 24 heavy (non-hydrogen) atoms. The fourth-order valence-corrected chi connectivity index (χ4v) is 3.08. The van der Waals surface area contributed by atoms with Gasteiger partial charge in [-0.1, -0.05) is 24.3 Å². The molecule has 1 aliphatic heterocycles. The van der Waals surface area contributed by atoms with E-state index >= 15 is 0 Å². The molecule has 2 heterocycles. The van der Waals surface area contributed by atoms with Gasteiger partial charge in [-0.3, -0.25) is 9.48 Å². The third kappa shape index (κ3) is 3.36. The number of hydrogen-bond acceptors (Lipinski definition) is 4. The highest BCUT2D eigenvalue weighted by Gasteiger charge is 2.29. The quantitative estimate of drug-likeness (QED) is 0.880. The fourth-order valence-electron chi connectivity index (χ4n) is 3.08. The Kier molecular flexibility index (Phi) is 4.45. The molecule has 1 aromatic carbocycles. The zero-order valence-corrected chi connectivity index (χ0v) is 14.8. The summed E-state index contributed by atoms with van der Waals surface area (Å²) in [6.07, 6.45) is 2.76. The van der Waals surface area contributed by atoms with Crippen molar-refractivity contribution in [3.8, 4) is 0 Å². The molecule has 0 spiro atoms. The number of nitrogens with one attached hydrogen (secondary N) is 1. The van der Waals surface area contributed by atoms with Crippen molar-refractivity contribution in [1.29, 1.82) is 0 Å². The van der Waals surface area contributed by atoms with Crippen LogP contribution in [0.5, 0.6) is 0 Å². The van der Waals surface area contributed by atoms with Crippen molar-refractivity contribution in [2.24, 2.45) is 0 Å². The van der Waals surface area contributed by atoms with Crippen molar-refractivity contribution >= 4 is 22.4 Å². The van der Waals surface area contributed by atoms with E-state index in [9.17, 15) is 4.79 Å². The lowest BCUT2D eigenvalue weighted by molar-refractivity contribution is -0.157. The first-order valence-electron chi connectivity index (χ1n) is 8.50. The maximum absolute atomic E-state index is 12.4. The van der Waals surface area contributed by atoms with E-state index in [4.69, 9.17) is 4.74 Å². The van der Waals surface area contributed by atoms with Crippen LogP contribution in [0.1, 0.15) is 39.8 Å². The van der Waals surface area contributed by atoms with Crippen LogP contribution in [0.25, 0.3) is 16.5 Å². The van der Waals surface area contributed by atoms with Gasteiger partial charge in [0.1, 0.15) is 11.6 Å². The van der Waals surface area contributed by atoms with E-state index in [0.29, 0.717) is 13.0 Å². The van der Waals surface area contributed by atoms with Crippen molar-refractivity contribution < 1.29 is 9.53 Å². The smallest absolute Gasteiger partial charge is 0.324 e. The number of nitrogens with zero attached hydrogens (tertiary/aromatic N) is 2. The van der Waals surface area contributed by atoms with E-state index in [1.54, 1.807) is 0 Å². The fraction of sp³-hybridized carbons (Fsp3) is 0.474. The molecule has 128 valence electrons. The first-order chi connectivity index (χ1) is 11.4. The molecule has 0 saturated heterocycles. The van der Waals surface area contributed by atoms with Crippen LogP contribution in [0.2, 0.25) is 0 Å². The minimum Gasteiger partial charge on any atom is -0.459 e. The molecule has 1 atom stereocenters. The summed E-state index contributed by atoms with van der Waals surface area (Å²) in [7, 11) is 0. The lowest BCUT2D eigenvalue weighted by atomic mass is 9.97. The van der Waals surface area contributed by atoms with Gasteiger partial charge < -0.3 is 10.1 Å². The highest BCUT2D eigenvalue weighted by Crippen LogP contribution is 2.30. The maximum atomic E-state index is 12.4. The van der Waals surface area contributed by atoms with Gasteiger partial charge in [-0.25, -0.2) is 0 Å². The van der Waals surface area contributed by atoms with Crippen LogP contribution >= 0.6 is 0 Å². The van der Waals surface area contributed by atoms with Crippen LogP contribution in [0.4, 0.5) is 0 Å². The molecular weight excluding hydrogens is 302 g/mol. The summed E-state index contributed by atoms with van der Waals surface area (Å²) in [6, 6.07) is 7.83. The normalized spacial score (nSPS) is 18.5. The molecular formula is C19H25N3O2. The summed E-state index contributed by atoms with van der Waals surface area (Å²) >= 11 is 0. The Morgan fingerprint density at radius 3 is 2.83 bits per heavy atom. The average Bonchev–Trinajstić information content (AvgIpc) is 2.92. The zero-order chi connectivity index (χ0) is 17.3. The Bertz CT molecular complexity index is 783. The average molecular weight is 327 g/mol. The molecule has 0 aliphatic carbocycles. The Labute approximate surface area is 142 Å². The number of carbonyl (C=O) groups is 1. The molecule has 5 nitrogen and oxygen atoms in total. The standard InChI is InChI=1S/C19H25N3O2/c1-5-22-17(14-8-6-7-9-15(14)21-22)13-10-11-20-16(12-13)18(23)24-19(2,3)4/h6-10,16,20H,5,11-12H2,1-4H3. The molecule has 2 aromatic rings. The third-order valence-corrected chi connectivity index (χ3v) is 4.08. The van der Waals surface area contributed by atoms with E-state index in [1.807, 2.05) is 43.7 Å². The molecule has 1 aromatic heterocycles. The number of aromatic nitrogens is 2. The molecule has 0 saturated carbocycles. The second-order valence-corrected chi connectivity index (χ2v) is 7.11. The largest absolute Gasteiger partial charge is 0.459 e. The lowest BCUT2D eigenvalue weighted by Crippen LogP contribution is -2.43. The van der Waals surface area contributed by atoms with Crippen molar-refractivity contribution in [1.82, 2.24) is 15.1 Å². The molecule has 0 bridgehead atoms. The van der Waals surface area contributed by atoms with E-state index in [2.05, 4.69) is 29.5 Å². The molecule has 1 aliphatic rings. The number of rotatable bonds is 3. The number of ether oxygens (including phenoxy) is 1. The minimum atomic E-state index is -0.474. The molecule has 1 unspecified atom stereocenters. The van der Waals surface area contributed by atoms with Crippen LogP contribution in [-0.2, 0) is 16.1 Å². The number of aryl methyl sites for hydroxylation is 1. The Balaban J connectivity index is 1.91. The van der Waals surface area contributed by atoms with Crippen LogP contribution in [0.3, 0.4) is 0 Å². The summed E-state index contributed by atoms with van der Waals surface area (Å²) in [5.41, 5.74) is 2.78. The van der Waals surface area contributed by atoms with Crippen LogP contribution in [0.15, 0.2) is 30.3 Å². The van der Waals surface area contributed by atoms with Gasteiger partial charge in [0.05, 0.1) is 11.2 Å². The summed E-state index contributed by atoms with van der Waals surface area (Å²) in [6.45, 7) is 9.22. The predicted octanol–water partition coefficient (Wildman–Crippen LogP) is 3.14. The number of esters is 1. The van der Waals surface area contributed by atoms with Gasteiger partial charge in [-0.2, -0.15) is 5.10 Å². The SMILES string of the molecule is CCn1nc2ccccc2c1C1=CCNC(C(=O)OC(C)(C)C)C1. The van der Waals surface area contributed by atoms with E-state index in [-0.39, 0.29) is 12.0 Å². The highest BCUT2D eigenvalue weighted by atomic mass is 16.6. The van der Waals surface area contributed by atoms with Crippen molar-refractivity contribution in [2.75, 3.05) is 6.54 Å². The topological polar surface area (TPSA) is 56.2 Å². The van der Waals surface area contributed by atoms with Gasteiger partial charge in [0.25, 0.3) is 0 Å². The van der Waals surface area contributed by atoms with Crippen LogP contribution in [0, 0.1) is 0 Å². The lowest BCUT2D eigenvalue weighted by Gasteiger charge is -2.27. The maximum Gasteiger partial charge on any atom is 0.324 e. The van der Waals surface area contributed by atoms with Crippen LogP contribution in [-0.4, -0.2) is 33.9 Å². The predicted molar refractivity (Wildman–Crippen MR) is 95.6 cm³/mol. The van der Waals surface area contributed by atoms with Gasteiger partial charge in [-0.05, 0) is 39.3 Å². The summed E-state index contributed by atoms with van der Waals surface area (Å²) in [5.74, 6) is -0.194. The van der Waals surface area contributed by atoms with Crippen molar-refractivity contribution in [2.45, 2.75) is 52.3 Å². The van der Waals surface area contributed by atoms with Gasteiger partial charge >= 0.3 is 5.97 Å². The van der Waals surface area contributed by atoms with Gasteiger partial charge in [0, 0.05) is 24.9 Å². The van der Waals surface area contributed by atoms with Gasteiger partial charge in [0.2, 0.25) is 0 Å². The van der Waals surface area contributed by atoms with E-state index < -0.39 is 5.60 Å². The number of carbonyl (C=O) groups excluding carboxylic acids is 1. The van der Waals surface area contributed by atoms with Gasteiger partial charge in [0.15, 0.2) is 0 Å². The summed E-state index contributed by atoms with van der Waals surface area (Å²) in [4.78, 5) is 12.4. The molecule has 0 radical (unpaired) electrons. The molecule has 5 heteroatoms. The Morgan fingerprint density at radius 1 is 1.38 bits per heavy atom. The van der Waals surface area contributed by atoms with Crippen molar-refractivity contribution in [3.05, 3.63) is 36.0 Å². The molecule has 3 rings (SSSR count). The summed E-state index contributed by atoms with van der Waals surface area (Å²) in [5, 5.41) is 9.05. The second-order valence-electron chi connectivity index (χ2n) is 7.11. The number of fused-ring (bicyclic) bond motifs is 1. The molecule has 0 amide bonds. The Morgan fingerprint density at radius 2 is 2.12 bits per heavy atom. The van der Waals surface area contributed by atoms with E-state index in [0.717, 1.165) is 28.7 Å². The van der Waals surface area contributed by atoms with E-state index in [1.165, 1.54) is 0 Å². The molecule has 1 N–H and O–H groups in total. The minimum absolute atomic E-state index is 0.194. The third-order valence-electron chi connectivity index (χ3n) is 4.08. The monoisotopic (exact) mass is 327 g/mol. The van der Waals surface area contributed by atoms with Gasteiger partial charge in [-0.15, -0.1) is 0 Å². The zero-order valence-electron chi connectivity index (χ0n) is 14.8. The Hall–Kier alpha value is -2.14. The number of benzene rings is 1. The van der Waals surface area contributed by atoms with Crippen molar-refractivity contribution in [3.63, 3.8) is 0 Å². The number of hydrogen-bond donors (Lipinski definition) is 1.